The van der Waals surface area contributed by atoms with Crippen LogP contribution in [0.4, 0.5) is 0 Å². The molecule has 0 aliphatic rings. The summed E-state index contributed by atoms with van der Waals surface area (Å²) < 4.78 is 10.4. The minimum atomic E-state index is -0.116. The van der Waals surface area contributed by atoms with E-state index in [0.29, 0.717) is 23.6 Å². The zero-order valence-electron chi connectivity index (χ0n) is 13.3. The maximum absolute atomic E-state index is 12.2. The molecule has 0 saturated carbocycles. The first-order valence-corrected chi connectivity index (χ1v) is 7.82. The third kappa shape index (κ3) is 5.96. The summed E-state index contributed by atoms with van der Waals surface area (Å²) in [4.78, 5) is 12.4. The second kappa shape index (κ2) is 7.69. The average Bonchev–Trinajstić information content (AvgIpc) is 2.42. The van der Waals surface area contributed by atoms with E-state index in [1.54, 1.807) is 32.4 Å². The highest BCUT2D eigenvalue weighted by Crippen LogP contribution is 2.27. The lowest BCUT2D eigenvalue weighted by Crippen LogP contribution is -2.31. The molecule has 0 heterocycles. The summed E-state index contributed by atoms with van der Waals surface area (Å²) in [5, 5.41) is 2.93. The van der Waals surface area contributed by atoms with Crippen molar-refractivity contribution in [1.29, 1.82) is 0 Å². The quantitative estimate of drug-likeness (QED) is 0.790. The van der Waals surface area contributed by atoms with Crippen LogP contribution in [0.25, 0.3) is 0 Å². The van der Waals surface area contributed by atoms with Gasteiger partial charge in [0.2, 0.25) is 0 Å². The van der Waals surface area contributed by atoms with Crippen LogP contribution in [0.2, 0.25) is 0 Å². The zero-order chi connectivity index (χ0) is 16.0. The van der Waals surface area contributed by atoms with Gasteiger partial charge in [-0.15, -0.1) is 0 Å². The molecular formula is C16H24BrNO3. The Morgan fingerprint density at radius 3 is 2.38 bits per heavy atom. The molecule has 1 aromatic rings. The van der Waals surface area contributed by atoms with Crippen molar-refractivity contribution >= 4 is 21.8 Å². The SMILES string of the molecule is COc1ccc(C(=O)NCC(Br)CC(C)(C)C)cc1OC. The minimum Gasteiger partial charge on any atom is -0.493 e. The lowest BCUT2D eigenvalue weighted by molar-refractivity contribution is 0.0952. The van der Waals surface area contributed by atoms with Crippen molar-refractivity contribution in [2.45, 2.75) is 32.0 Å². The van der Waals surface area contributed by atoms with Crippen LogP contribution >= 0.6 is 15.9 Å². The number of alkyl halides is 1. The van der Waals surface area contributed by atoms with E-state index in [1.165, 1.54) is 0 Å². The third-order valence-corrected chi connectivity index (χ3v) is 3.61. The fraction of sp³-hybridized carbons (Fsp3) is 0.562. The molecule has 1 rings (SSSR count). The molecule has 21 heavy (non-hydrogen) atoms. The largest absolute Gasteiger partial charge is 0.493 e. The van der Waals surface area contributed by atoms with Crippen LogP contribution in [0.3, 0.4) is 0 Å². The van der Waals surface area contributed by atoms with E-state index in [0.717, 1.165) is 6.42 Å². The van der Waals surface area contributed by atoms with Gasteiger partial charge in [0.1, 0.15) is 0 Å². The van der Waals surface area contributed by atoms with Gasteiger partial charge in [0.15, 0.2) is 11.5 Å². The Kier molecular flexibility index (Phi) is 6.52. The van der Waals surface area contributed by atoms with Crippen molar-refractivity contribution in [2.24, 2.45) is 5.41 Å². The number of rotatable bonds is 6. The van der Waals surface area contributed by atoms with E-state index in [9.17, 15) is 4.79 Å². The maximum Gasteiger partial charge on any atom is 0.251 e. The summed E-state index contributed by atoms with van der Waals surface area (Å²) in [5.41, 5.74) is 0.783. The normalized spacial score (nSPS) is 12.7. The fourth-order valence-electron chi connectivity index (χ4n) is 2.02. The standard InChI is InChI=1S/C16H24BrNO3/c1-16(2,3)9-12(17)10-18-15(19)11-6-7-13(20-4)14(8-11)21-5/h6-8,12H,9-10H2,1-5H3,(H,18,19). The molecule has 4 nitrogen and oxygen atoms in total. The summed E-state index contributed by atoms with van der Waals surface area (Å²) in [6.45, 7) is 7.12. The molecule has 0 aromatic heterocycles. The van der Waals surface area contributed by atoms with Gasteiger partial charge in [-0.05, 0) is 30.0 Å². The van der Waals surface area contributed by atoms with Crippen molar-refractivity contribution < 1.29 is 14.3 Å². The Morgan fingerprint density at radius 1 is 1.24 bits per heavy atom. The van der Waals surface area contributed by atoms with Gasteiger partial charge in [-0.1, -0.05) is 36.7 Å². The van der Waals surface area contributed by atoms with Gasteiger partial charge in [0.05, 0.1) is 14.2 Å². The first-order valence-electron chi connectivity index (χ1n) is 6.91. The number of nitrogens with one attached hydrogen (secondary N) is 1. The van der Waals surface area contributed by atoms with Crippen LogP contribution in [0, 0.1) is 5.41 Å². The van der Waals surface area contributed by atoms with E-state index in [-0.39, 0.29) is 16.1 Å². The second-order valence-corrected chi connectivity index (χ2v) is 7.44. The minimum absolute atomic E-state index is 0.116. The van der Waals surface area contributed by atoms with Crippen LogP contribution in [0.1, 0.15) is 37.6 Å². The lowest BCUT2D eigenvalue weighted by Gasteiger charge is -2.22. The van der Waals surface area contributed by atoms with Crippen LogP contribution in [-0.2, 0) is 0 Å². The zero-order valence-corrected chi connectivity index (χ0v) is 14.9. The molecule has 5 heteroatoms. The highest BCUT2D eigenvalue weighted by molar-refractivity contribution is 9.09. The Labute approximate surface area is 135 Å². The number of amides is 1. The third-order valence-electron chi connectivity index (χ3n) is 2.96. The monoisotopic (exact) mass is 357 g/mol. The van der Waals surface area contributed by atoms with Gasteiger partial charge in [-0.25, -0.2) is 0 Å². The van der Waals surface area contributed by atoms with Crippen molar-refractivity contribution in [2.75, 3.05) is 20.8 Å². The smallest absolute Gasteiger partial charge is 0.251 e. The predicted octanol–water partition coefficient (Wildman–Crippen LogP) is 3.63. The predicted molar refractivity (Wildman–Crippen MR) is 88.7 cm³/mol. The van der Waals surface area contributed by atoms with Crippen molar-refractivity contribution in [3.63, 3.8) is 0 Å². The number of benzene rings is 1. The molecule has 1 atom stereocenters. The molecule has 0 aliphatic carbocycles. The molecule has 0 aliphatic heterocycles. The summed E-state index contributed by atoms with van der Waals surface area (Å²) in [6, 6.07) is 5.14. The van der Waals surface area contributed by atoms with E-state index in [1.807, 2.05) is 0 Å². The molecular weight excluding hydrogens is 334 g/mol. The van der Waals surface area contributed by atoms with Crippen LogP contribution < -0.4 is 14.8 Å². The van der Waals surface area contributed by atoms with E-state index < -0.39 is 0 Å². The van der Waals surface area contributed by atoms with Crippen molar-refractivity contribution in [3.8, 4) is 11.5 Å². The molecule has 1 unspecified atom stereocenters. The number of ether oxygens (including phenoxy) is 2. The second-order valence-electron chi connectivity index (χ2n) is 6.14. The number of hydrogen-bond donors (Lipinski definition) is 1. The Hall–Kier alpha value is -1.23. The fourth-order valence-corrected chi connectivity index (χ4v) is 3.15. The van der Waals surface area contributed by atoms with Crippen LogP contribution in [-0.4, -0.2) is 31.5 Å². The molecule has 118 valence electrons. The first kappa shape index (κ1) is 17.8. The van der Waals surface area contributed by atoms with E-state index in [4.69, 9.17) is 9.47 Å². The Balaban J connectivity index is 2.64. The van der Waals surface area contributed by atoms with Gasteiger partial charge in [0, 0.05) is 16.9 Å². The molecule has 0 fully saturated rings. The van der Waals surface area contributed by atoms with Gasteiger partial charge in [0.25, 0.3) is 5.91 Å². The topological polar surface area (TPSA) is 47.6 Å². The summed E-state index contributed by atoms with van der Waals surface area (Å²) in [6.07, 6.45) is 0.985. The molecule has 0 radical (unpaired) electrons. The van der Waals surface area contributed by atoms with Crippen molar-refractivity contribution in [1.82, 2.24) is 5.32 Å². The molecule has 1 amide bonds. The van der Waals surface area contributed by atoms with Gasteiger partial charge in [-0.2, -0.15) is 0 Å². The highest BCUT2D eigenvalue weighted by atomic mass is 79.9. The first-order chi connectivity index (χ1) is 9.76. The molecule has 0 bridgehead atoms. The van der Waals surface area contributed by atoms with Crippen molar-refractivity contribution in [3.05, 3.63) is 23.8 Å². The Bertz CT molecular complexity index is 483. The van der Waals surface area contributed by atoms with E-state index >= 15 is 0 Å². The molecule has 0 saturated heterocycles. The summed E-state index contributed by atoms with van der Waals surface area (Å²) in [7, 11) is 3.12. The average molecular weight is 358 g/mol. The maximum atomic E-state index is 12.2. The molecule has 1 aromatic carbocycles. The molecule has 0 spiro atoms. The number of carbonyl (C=O) groups is 1. The van der Waals surface area contributed by atoms with Crippen LogP contribution in [0.5, 0.6) is 11.5 Å². The van der Waals surface area contributed by atoms with Gasteiger partial charge >= 0.3 is 0 Å². The summed E-state index contributed by atoms with van der Waals surface area (Å²) >= 11 is 3.61. The number of methoxy groups -OCH3 is 2. The number of hydrogen-bond acceptors (Lipinski definition) is 3. The number of carbonyl (C=O) groups excluding carboxylic acids is 1. The number of halogens is 1. The highest BCUT2D eigenvalue weighted by Gasteiger charge is 2.17. The summed E-state index contributed by atoms with van der Waals surface area (Å²) in [5.74, 6) is 1.05. The van der Waals surface area contributed by atoms with Gasteiger partial charge < -0.3 is 14.8 Å². The van der Waals surface area contributed by atoms with Crippen LogP contribution in [0.15, 0.2) is 18.2 Å². The lowest BCUT2D eigenvalue weighted by atomic mass is 9.90. The molecule has 1 N–H and O–H groups in total. The van der Waals surface area contributed by atoms with Gasteiger partial charge in [-0.3, -0.25) is 4.79 Å². The van der Waals surface area contributed by atoms with E-state index in [2.05, 4.69) is 42.0 Å². The Morgan fingerprint density at radius 2 is 1.86 bits per heavy atom.